The molecule has 1 amide bonds. The third-order valence-corrected chi connectivity index (χ3v) is 6.54. The Bertz CT molecular complexity index is 652. The van der Waals surface area contributed by atoms with Gasteiger partial charge in [0.15, 0.2) is 0 Å². The van der Waals surface area contributed by atoms with Crippen molar-refractivity contribution < 1.29 is 13.2 Å². The lowest BCUT2D eigenvalue weighted by molar-refractivity contribution is -0.121. The number of hydrogen-bond donors (Lipinski definition) is 1. The second-order valence-corrected chi connectivity index (χ2v) is 8.91. The van der Waals surface area contributed by atoms with Gasteiger partial charge in [-0.15, -0.1) is 0 Å². The Balaban J connectivity index is 1.59. The molecule has 0 radical (unpaired) electrons. The van der Waals surface area contributed by atoms with Gasteiger partial charge in [0, 0.05) is 26.1 Å². The number of piperidine rings is 1. The Labute approximate surface area is 151 Å². The molecule has 1 aliphatic rings. The van der Waals surface area contributed by atoms with Crippen LogP contribution in [0.4, 0.5) is 0 Å². The maximum atomic E-state index is 12.2. The van der Waals surface area contributed by atoms with Crippen LogP contribution in [0.5, 0.6) is 0 Å². The molecule has 1 heterocycles. The van der Waals surface area contributed by atoms with Crippen LogP contribution in [0, 0.1) is 6.92 Å². The van der Waals surface area contributed by atoms with Crippen molar-refractivity contribution in [1.82, 2.24) is 9.62 Å². The van der Waals surface area contributed by atoms with E-state index in [4.69, 9.17) is 0 Å². The van der Waals surface area contributed by atoms with Gasteiger partial charge in [0.25, 0.3) is 0 Å². The fourth-order valence-corrected chi connectivity index (χ4v) is 4.79. The molecule has 6 heteroatoms. The number of carbonyl (C=O) groups is 1. The Morgan fingerprint density at radius 3 is 2.64 bits per heavy atom. The van der Waals surface area contributed by atoms with E-state index in [-0.39, 0.29) is 11.7 Å². The number of nitrogens with zero attached hydrogens (tertiary/aromatic N) is 1. The van der Waals surface area contributed by atoms with Gasteiger partial charge in [-0.25, -0.2) is 12.7 Å². The fraction of sp³-hybridized carbons (Fsp3) is 0.632. The molecule has 1 aromatic rings. The number of sulfonamides is 1. The molecular weight excluding hydrogens is 336 g/mol. The molecular formula is C19H30N2O3S. The smallest absolute Gasteiger partial charge is 0.220 e. The maximum absolute atomic E-state index is 12.2. The third kappa shape index (κ3) is 7.16. The number of benzene rings is 1. The van der Waals surface area contributed by atoms with Crippen LogP contribution in [0.1, 0.15) is 49.7 Å². The highest BCUT2D eigenvalue weighted by Gasteiger charge is 2.23. The van der Waals surface area contributed by atoms with Crippen molar-refractivity contribution in [1.29, 1.82) is 0 Å². The molecule has 5 nitrogen and oxygen atoms in total. The standard InChI is InChI=1S/C19H30N2O3S/c1-17-8-7-9-18(16-17)11-12-20-19(22)10-3-6-15-25(23,24)21-13-4-2-5-14-21/h7-9,16H,2-6,10-15H2,1H3,(H,20,22). The number of carbonyl (C=O) groups excluding carboxylic acids is 1. The first kappa shape index (κ1) is 19.9. The molecule has 140 valence electrons. The van der Waals surface area contributed by atoms with Gasteiger partial charge in [-0.3, -0.25) is 4.79 Å². The molecule has 25 heavy (non-hydrogen) atoms. The average molecular weight is 367 g/mol. The molecule has 0 saturated carbocycles. The second kappa shape index (κ2) is 9.92. The SMILES string of the molecule is Cc1cccc(CCNC(=O)CCCCS(=O)(=O)N2CCCCC2)c1. The molecule has 1 N–H and O–H groups in total. The summed E-state index contributed by atoms with van der Waals surface area (Å²) >= 11 is 0. The van der Waals surface area contributed by atoms with Crippen LogP contribution in [0.2, 0.25) is 0 Å². The second-order valence-electron chi connectivity index (χ2n) is 6.82. The Morgan fingerprint density at radius 2 is 1.92 bits per heavy atom. The lowest BCUT2D eigenvalue weighted by Crippen LogP contribution is -2.37. The molecule has 1 fully saturated rings. The van der Waals surface area contributed by atoms with E-state index in [9.17, 15) is 13.2 Å². The van der Waals surface area contributed by atoms with E-state index in [1.54, 1.807) is 4.31 Å². The summed E-state index contributed by atoms with van der Waals surface area (Å²) in [5.41, 5.74) is 2.44. The lowest BCUT2D eigenvalue weighted by atomic mass is 10.1. The molecule has 2 rings (SSSR count). The molecule has 0 bridgehead atoms. The minimum Gasteiger partial charge on any atom is -0.356 e. The summed E-state index contributed by atoms with van der Waals surface area (Å²) in [5, 5.41) is 2.91. The van der Waals surface area contributed by atoms with Crippen molar-refractivity contribution in [3.63, 3.8) is 0 Å². The monoisotopic (exact) mass is 366 g/mol. The fourth-order valence-electron chi connectivity index (χ4n) is 3.14. The largest absolute Gasteiger partial charge is 0.356 e. The van der Waals surface area contributed by atoms with E-state index >= 15 is 0 Å². The predicted octanol–water partition coefficient (Wildman–Crippen LogP) is 2.64. The lowest BCUT2D eigenvalue weighted by Gasteiger charge is -2.25. The summed E-state index contributed by atoms with van der Waals surface area (Å²) in [4.78, 5) is 11.9. The van der Waals surface area contributed by atoms with Gasteiger partial charge >= 0.3 is 0 Å². The zero-order valence-corrected chi connectivity index (χ0v) is 16.0. The average Bonchev–Trinajstić information content (AvgIpc) is 2.60. The number of amides is 1. The van der Waals surface area contributed by atoms with Gasteiger partial charge in [0.05, 0.1) is 5.75 Å². The van der Waals surface area contributed by atoms with E-state index in [0.717, 1.165) is 25.7 Å². The van der Waals surface area contributed by atoms with Gasteiger partial charge in [0.1, 0.15) is 0 Å². The van der Waals surface area contributed by atoms with E-state index in [2.05, 4.69) is 30.4 Å². The number of unbranched alkanes of at least 4 members (excludes halogenated alkanes) is 1. The highest BCUT2D eigenvalue weighted by atomic mass is 32.2. The van der Waals surface area contributed by atoms with Crippen LogP contribution < -0.4 is 5.32 Å². The van der Waals surface area contributed by atoms with E-state index < -0.39 is 10.0 Å². The molecule has 1 aliphatic heterocycles. The molecule has 1 aromatic carbocycles. The van der Waals surface area contributed by atoms with Crippen LogP contribution in [-0.4, -0.2) is 44.0 Å². The number of hydrogen-bond acceptors (Lipinski definition) is 3. The van der Waals surface area contributed by atoms with Crippen LogP contribution in [0.3, 0.4) is 0 Å². The molecule has 1 saturated heterocycles. The van der Waals surface area contributed by atoms with E-state index in [1.165, 1.54) is 11.1 Å². The number of rotatable bonds is 9. The Hall–Kier alpha value is -1.40. The molecule has 0 aromatic heterocycles. The van der Waals surface area contributed by atoms with Crippen molar-refractivity contribution in [2.24, 2.45) is 0 Å². The number of aryl methyl sites for hydroxylation is 1. The summed E-state index contributed by atoms with van der Waals surface area (Å²) in [7, 11) is -3.14. The van der Waals surface area contributed by atoms with Gasteiger partial charge in [-0.05, 0) is 44.6 Å². The zero-order chi connectivity index (χ0) is 18.1. The number of nitrogens with one attached hydrogen (secondary N) is 1. The summed E-state index contributed by atoms with van der Waals surface area (Å²) in [6.45, 7) is 3.98. The van der Waals surface area contributed by atoms with Crippen molar-refractivity contribution in [3.8, 4) is 0 Å². The summed E-state index contributed by atoms with van der Waals surface area (Å²) in [6.07, 6.45) is 5.41. The highest BCUT2D eigenvalue weighted by molar-refractivity contribution is 7.89. The van der Waals surface area contributed by atoms with Crippen molar-refractivity contribution in [2.45, 2.75) is 51.9 Å². The normalized spacial score (nSPS) is 15.9. The van der Waals surface area contributed by atoms with Crippen molar-refractivity contribution in [3.05, 3.63) is 35.4 Å². The molecule has 0 aliphatic carbocycles. The minimum absolute atomic E-state index is 0.00280. The zero-order valence-electron chi connectivity index (χ0n) is 15.2. The Morgan fingerprint density at radius 1 is 1.16 bits per heavy atom. The van der Waals surface area contributed by atoms with Crippen LogP contribution >= 0.6 is 0 Å². The summed E-state index contributed by atoms with van der Waals surface area (Å²) < 4.78 is 26.0. The van der Waals surface area contributed by atoms with Gasteiger partial charge in [0.2, 0.25) is 15.9 Å². The van der Waals surface area contributed by atoms with Gasteiger partial charge < -0.3 is 5.32 Å². The van der Waals surface area contributed by atoms with Crippen molar-refractivity contribution >= 4 is 15.9 Å². The minimum atomic E-state index is -3.14. The first-order valence-corrected chi connectivity index (χ1v) is 10.9. The van der Waals surface area contributed by atoms with Crippen LogP contribution in [-0.2, 0) is 21.2 Å². The summed E-state index contributed by atoms with van der Waals surface area (Å²) in [5.74, 6) is 0.159. The van der Waals surface area contributed by atoms with Crippen molar-refractivity contribution in [2.75, 3.05) is 25.4 Å². The maximum Gasteiger partial charge on any atom is 0.220 e. The van der Waals surface area contributed by atoms with Gasteiger partial charge in [-0.1, -0.05) is 36.2 Å². The van der Waals surface area contributed by atoms with Crippen LogP contribution in [0.25, 0.3) is 0 Å². The first-order chi connectivity index (χ1) is 12.0. The van der Waals surface area contributed by atoms with E-state index in [1.807, 2.05) is 6.07 Å². The topological polar surface area (TPSA) is 66.5 Å². The van der Waals surface area contributed by atoms with Crippen LogP contribution in [0.15, 0.2) is 24.3 Å². The Kier molecular flexibility index (Phi) is 7.90. The van der Waals surface area contributed by atoms with Gasteiger partial charge in [-0.2, -0.15) is 0 Å². The predicted molar refractivity (Wildman–Crippen MR) is 101 cm³/mol. The molecule has 0 atom stereocenters. The summed E-state index contributed by atoms with van der Waals surface area (Å²) in [6, 6.07) is 8.26. The first-order valence-electron chi connectivity index (χ1n) is 9.27. The van der Waals surface area contributed by atoms with E-state index in [0.29, 0.717) is 38.9 Å². The molecule has 0 spiro atoms. The quantitative estimate of drug-likeness (QED) is 0.683. The third-order valence-electron chi connectivity index (χ3n) is 4.58. The molecule has 0 unspecified atom stereocenters. The highest BCUT2D eigenvalue weighted by Crippen LogP contribution is 2.14.